The Hall–Kier alpha value is -0.900. The summed E-state index contributed by atoms with van der Waals surface area (Å²) in [7, 11) is 1.96. The highest BCUT2D eigenvalue weighted by atomic mass is 15.3. The van der Waals surface area contributed by atoms with E-state index in [-0.39, 0.29) is 5.41 Å². The van der Waals surface area contributed by atoms with Crippen molar-refractivity contribution in [1.82, 2.24) is 20.1 Å². The third kappa shape index (κ3) is 4.46. The average molecular weight is 238 g/mol. The van der Waals surface area contributed by atoms with E-state index in [0.717, 1.165) is 25.3 Å². The minimum Gasteiger partial charge on any atom is -0.316 e. The third-order valence-electron chi connectivity index (χ3n) is 3.28. The normalized spacial score (nSPS) is 13.9. The Balaban J connectivity index is 2.61. The molecule has 1 aromatic heterocycles. The Morgan fingerprint density at radius 3 is 2.59 bits per heavy atom. The second-order valence-electron chi connectivity index (χ2n) is 5.77. The summed E-state index contributed by atoms with van der Waals surface area (Å²) >= 11 is 0. The topological polar surface area (TPSA) is 42.7 Å². The molecule has 4 heteroatoms. The molecule has 0 aliphatic carbocycles. The maximum Gasteiger partial charge on any atom is 0.138 e. The van der Waals surface area contributed by atoms with E-state index in [0.29, 0.717) is 5.92 Å². The van der Waals surface area contributed by atoms with E-state index in [2.05, 4.69) is 43.1 Å². The van der Waals surface area contributed by atoms with Crippen LogP contribution in [0.4, 0.5) is 0 Å². The first-order chi connectivity index (χ1) is 7.95. The second kappa shape index (κ2) is 6.15. The molecule has 1 N–H and O–H groups in total. The number of nitrogens with one attached hydrogen (secondary N) is 1. The Morgan fingerprint density at radius 2 is 2.12 bits per heavy atom. The minimum atomic E-state index is 0.284. The van der Waals surface area contributed by atoms with Gasteiger partial charge in [-0.1, -0.05) is 27.7 Å². The first kappa shape index (κ1) is 14.2. The van der Waals surface area contributed by atoms with Crippen LogP contribution in [-0.4, -0.2) is 27.9 Å². The lowest BCUT2D eigenvalue weighted by Crippen LogP contribution is -2.34. The largest absolute Gasteiger partial charge is 0.316 e. The first-order valence-electron chi connectivity index (χ1n) is 6.48. The van der Waals surface area contributed by atoms with Crippen molar-refractivity contribution in [2.75, 3.05) is 13.1 Å². The molecule has 0 radical (unpaired) electrons. The van der Waals surface area contributed by atoms with Crippen LogP contribution in [0.5, 0.6) is 0 Å². The van der Waals surface area contributed by atoms with Gasteiger partial charge in [0.2, 0.25) is 0 Å². The number of aryl methyl sites for hydroxylation is 1. The van der Waals surface area contributed by atoms with Crippen molar-refractivity contribution >= 4 is 0 Å². The van der Waals surface area contributed by atoms with Crippen molar-refractivity contribution in [3.8, 4) is 0 Å². The fraction of sp³-hybridized carbons (Fsp3) is 0.846. The van der Waals surface area contributed by atoms with Gasteiger partial charge in [0.1, 0.15) is 12.2 Å². The van der Waals surface area contributed by atoms with E-state index in [4.69, 9.17) is 0 Å². The lowest BCUT2D eigenvalue weighted by atomic mass is 9.78. The van der Waals surface area contributed by atoms with Gasteiger partial charge in [-0.15, -0.1) is 0 Å². The van der Waals surface area contributed by atoms with Crippen molar-refractivity contribution in [1.29, 1.82) is 0 Å². The monoisotopic (exact) mass is 238 g/mol. The third-order valence-corrected chi connectivity index (χ3v) is 3.28. The fourth-order valence-corrected chi connectivity index (χ4v) is 1.86. The van der Waals surface area contributed by atoms with Crippen molar-refractivity contribution in [3.63, 3.8) is 0 Å². The SMILES string of the molecule is CCCNCC(Cc1ncnn1C)C(C)(C)C. The smallest absolute Gasteiger partial charge is 0.138 e. The number of aromatic nitrogens is 3. The van der Waals surface area contributed by atoms with Gasteiger partial charge in [-0.3, -0.25) is 4.68 Å². The maximum absolute atomic E-state index is 4.32. The Kier molecular flexibility index (Phi) is 5.12. The van der Waals surface area contributed by atoms with E-state index in [1.54, 1.807) is 6.33 Å². The van der Waals surface area contributed by atoms with Crippen LogP contribution in [0.15, 0.2) is 6.33 Å². The first-order valence-corrected chi connectivity index (χ1v) is 6.48. The molecule has 1 rings (SSSR count). The summed E-state index contributed by atoms with van der Waals surface area (Å²) in [6.07, 6.45) is 3.80. The summed E-state index contributed by atoms with van der Waals surface area (Å²) in [6.45, 7) is 11.2. The highest BCUT2D eigenvalue weighted by Gasteiger charge is 2.25. The summed E-state index contributed by atoms with van der Waals surface area (Å²) < 4.78 is 1.87. The molecule has 17 heavy (non-hydrogen) atoms. The fourth-order valence-electron chi connectivity index (χ4n) is 1.86. The highest BCUT2D eigenvalue weighted by Crippen LogP contribution is 2.27. The molecular formula is C13H26N4. The van der Waals surface area contributed by atoms with Crippen LogP contribution in [0.3, 0.4) is 0 Å². The Labute approximate surface area is 105 Å². The van der Waals surface area contributed by atoms with Crippen molar-refractivity contribution in [2.45, 2.75) is 40.5 Å². The maximum atomic E-state index is 4.32. The zero-order chi connectivity index (χ0) is 12.9. The molecule has 1 aromatic rings. The van der Waals surface area contributed by atoms with Crippen LogP contribution in [-0.2, 0) is 13.5 Å². The van der Waals surface area contributed by atoms with Gasteiger partial charge in [0, 0.05) is 13.5 Å². The lowest BCUT2D eigenvalue weighted by molar-refractivity contribution is 0.226. The van der Waals surface area contributed by atoms with Gasteiger partial charge in [-0.2, -0.15) is 5.10 Å². The van der Waals surface area contributed by atoms with E-state index in [9.17, 15) is 0 Å². The van der Waals surface area contributed by atoms with Gasteiger partial charge in [0.25, 0.3) is 0 Å². The summed E-state index contributed by atoms with van der Waals surface area (Å²) in [5, 5.41) is 7.65. The van der Waals surface area contributed by atoms with E-state index < -0.39 is 0 Å². The van der Waals surface area contributed by atoms with E-state index in [1.165, 1.54) is 6.42 Å². The lowest BCUT2D eigenvalue weighted by Gasteiger charge is -2.30. The quantitative estimate of drug-likeness (QED) is 0.771. The van der Waals surface area contributed by atoms with Crippen molar-refractivity contribution in [3.05, 3.63) is 12.2 Å². The Bertz CT molecular complexity index is 324. The Morgan fingerprint density at radius 1 is 1.41 bits per heavy atom. The molecule has 0 aliphatic heterocycles. The molecule has 1 unspecified atom stereocenters. The molecule has 0 aromatic carbocycles. The zero-order valence-corrected chi connectivity index (χ0v) is 11.8. The summed E-state index contributed by atoms with van der Waals surface area (Å²) in [5.74, 6) is 1.65. The van der Waals surface area contributed by atoms with Crippen LogP contribution in [0.25, 0.3) is 0 Å². The number of nitrogens with zero attached hydrogens (tertiary/aromatic N) is 3. The molecule has 0 spiro atoms. The van der Waals surface area contributed by atoms with Gasteiger partial charge in [0.05, 0.1) is 0 Å². The van der Waals surface area contributed by atoms with Gasteiger partial charge in [-0.25, -0.2) is 4.98 Å². The minimum absolute atomic E-state index is 0.284. The van der Waals surface area contributed by atoms with Crippen molar-refractivity contribution < 1.29 is 0 Å². The van der Waals surface area contributed by atoms with Crippen LogP contribution >= 0.6 is 0 Å². The van der Waals surface area contributed by atoms with Crippen LogP contribution < -0.4 is 5.32 Å². The summed E-state index contributed by atoms with van der Waals surface area (Å²) in [5.41, 5.74) is 0.284. The molecule has 0 fully saturated rings. The zero-order valence-electron chi connectivity index (χ0n) is 11.8. The predicted octanol–water partition coefficient (Wildman–Crippen LogP) is 2.02. The van der Waals surface area contributed by atoms with Gasteiger partial charge < -0.3 is 5.32 Å². The number of hydrogen-bond acceptors (Lipinski definition) is 3. The molecule has 0 saturated heterocycles. The molecule has 98 valence electrons. The molecule has 0 amide bonds. The summed E-state index contributed by atoms with van der Waals surface area (Å²) in [4.78, 5) is 4.32. The standard InChI is InChI=1S/C13H26N4/c1-6-7-14-9-11(13(2,3)4)8-12-15-10-16-17(12)5/h10-11,14H,6-9H2,1-5H3. The van der Waals surface area contributed by atoms with E-state index in [1.807, 2.05) is 11.7 Å². The van der Waals surface area contributed by atoms with Crippen LogP contribution in [0.2, 0.25) is 0 Å². The van der Waals surface area contributed by atoms with Gasteiger partial charge in [0.15, 0.2) is 0 Å². The molecule has 1 heterocycles. The summed E-state index contributed by atoms with van der Waals surface area (Å²) in [6, 6.07) is 0. The highest BCUT2D eigenvalue weighted by molar-refractivity contribution is 4.90. The van der Waals surface area contributed by atoms with Crippen molar-refractivity contribution in [2.24, 2.45) is 18.4 Å². The predicted molar refractivity (Wildman–Crippen MR) is 70.8 cm³/mol. The molecule has 0 saturated carbocycles. The molecule has 0 aliphatic rings. The second-order valence-corrected chi connectivity index (χ2v) is 5.77. The number of hydrogen-bond donors (Lipinski definition) is 1. The average Bonchev–Trinajstić information content (AvgIpc) is 2.62. The van der Waals surface area contributed by atoms with Gasteiger partial charge >= 0.3 is 0 Å². The molecule has 1 atom stereocenters. The number of rotatable bonds is 6. The molecular weight excluding hydrogens is 212 g/mol. The van der Waals surface area contributed by atoms with E-state index >= 15 is 0 Å². The molecule has 4 nitrogen and oxygen atoms in total. The van der Waals surface area contributed by atoms with Crippen LogP contribution in [0, 0.1) is 11.3 Å². The molecule has 0 bridgehead atoms. The van der Waals surface area contributed by atoms with Crippen LogP contribution in [0.1, 0.15) is 39.9 Å². The van der Waals surface area contributed by atoms with Gasteiger partial charge in [-0.05, 0) is 30.8 Å².